The molecule has 0 bridgehead atoms. The molecule has 0 aromatic rings. The van der Waals surface area contributed by atoms with Crippen molar-refractivity contribution in [2.45, 2.75) is 0 Å². The number of hydroxylamine groups is 3. The Labute approximate surface area is 73.5 Å². The lowest BCUT2D eigenvalue weighted by Gasteiger charge is -2.19. The third kappa shape index (κ3) is 14.5. The van der Waals surface area contributed by atoms with Gasteiger partial charge in [0.05, 0.1) is 4.97 Å². The van der Waals surface area contributed by atoms with Crippen LogP contribution in [-0.4, -0.2) is 40.6 Å². The summed E-state index contributed by atoms with van der Waals surface area (Å²) < 4.78 is 39.0. The molecule has 0 unspecified atom stereocenters. The summed E-state index contributed by atoms with van der Waals surface area (Å²) in [5.74, 6) is 0. The second-order valence-electron chi connectivity index (χ2n) is 1.81. The van der Waals surface area contributed by atoms with Crippen molar-refractivity contribution >= 4 is 7.25 Å². The van der Waals surface area contributed by atoms with Crippen molar-refractivity contribution in [1.29, 1.82) is 0 Å². The summed E-state index contributed by atoms with van der Waals surface area (Å²) in [5.41, 5.74) is 0. The standard InChI is InChI=1S/C4H12NO3.BF4/c1-5(6-2,7-3)8-4;2-1(3,4)5/h1-4H3;/q+1;-1. The summed E-state index contributed by atoms with van der Waals surface area (Å²) in [6, 6.07) is 0. The zero-order valence-electron chi connectivity index (χ0n) is 7.76. The first-order valence-corrected chi connectivity index (χ1v) is 3.09. The molecule has 0 rings (SSSR count). The van der Waals surface area contributed by atoms with E-state index >= 15 is 0 Å². The van der Waals surface area contributed by atoms with Gasteiger partial charge in [-0.2, -0.15) is 0 Å². The van der Waals surface area contributed by atoms with Gasteiger partial charge in [-0.3, -0.25) is 0 Å². The van der Waals surface area contributed by atoms with Gasteiger partial charge in [0.1, 0.15) is 21.3 Å². The first-order chi connectivity index (χ1) is 5.68. The molecule has 9 heteroatoms. The molecular weight excluding hydrogens is 197 g/mol. The maximum Gasteiger partial charge on any atom is 0.673 e. The Morgan fingerprint density at radius 1 is 0.846 bits per heavy atom. The Hall–Kier alpha value is -0.375. The van der Waals surface area contributed by atoms with Gasteiger partial charge in [-0.15, -0.1) is 14.5 Å². The Bertz CT molecular complexity index is 115. The minimum atomic E-state index is -6.00. The summed E-state index contributed by atoms with van der Waals surface area (Å²) in [7, 11) is 0.104. The summed E-state index contributed by atoms with van der Waals surface area (Å²) >= 11 is 0. The molecule has 0 N–H and O–H groups in total. The fourth-order valence-electron chi connectivity index (χ4n) is 0.224. The largest absolute Gasteiger partial charge is 0.673 e. The van der Waals surface area contributed by atoms with Crippen LogP contribution in [0.1, 0.15) is 0 Å². The molecule has 4 nitrogen and oxygen atoms in total. The van der Waals surface area contributed by atoms with Gasteiger partial charge in [0.25, 0.3) is 0 Å². The number of rotatable bonds is 3. The number of quaternary nitrogens is 1. The smallest absolute Gasteiger partial charge is 0.418 e. The number of hydrogen-bond acceptors (Lipinski definition) is 3. The van der Waals surface area contributed by atoms with Gasteiger partial charge in [-0.25, -0.2) is 0 Å². The molecule has 0 aromatic carbocycles. The molecule has 82 valence electrons. The van der Waals surface area contributed by atoms with Crippen LogP contribution in [0.5, 0.6) is 0 Å². The van der Waals surface area contributed by atoms with Crippen LogP contribution in [-0.2, 0) is 14.5 Å². The highest BCUT2D eigenvalue weighted by Crippen LogP contribution is 2.06. The fourth-order valence-corrected chi connectivity index (χ4v) is 0.224. The Balaban J connectivity index is 0. The van der Waals surface area contributed by atoms with Crippen LogP contribution in [0.4, 0.5) is 17.3 Å². The van der Waals surface area contributed by atoms with Gasteiger partial charge in [0.2, 0.25) is 0 Å². The molecule has 0 aromatic heterocycles. The first kappa shape index (κ1) is 15.1. The van der Waals surface area contributed by atoms with Gasteiger partial charge >= 0.3 is 7.25 Å². The quantitative estimate of drug-likeness (QED) is 0.304. The van der Waals surface area contributed by atoms with Crippen LogP contribution in [0.25, 0.3) is 0 Å². The van der Waals surface area contributed by atoms with E-state index in [9.17, 15) is 17.3 Å². The monoisotopic (exact) mass is 209 g/mol. The average molecular weight is 209 g/mol. The van der Waals surface area contributed by atoms with E-state index in [-0.39, 0.29) is 4.97 Å². The van der Waals surface area contributed by atoms with Crippen molar-refractivity contribution < 1.29 is 36.7 Å². The van der Waals surface area contributed by atoms with E-state index in [0.717, 1.165) is 0 Å². The maximum atomic E-state index is 9.75. The van der Waals surface area contributed by atoms with E-state index in [1.807, 2.05) is 0 Å². The topological polar surface area (TPSA) is 27.7 Å². The van der Waals surface area contributed by atoms with Crippen LogP contribution in [0.2, 0.25) is 0 Å². The summed E-state index contributed by atoms with van der Waals surface area (Å²) in [6.07, 6.45) is 0. The van der Waals surface area contributed by atoms with Gasteiger partial charge in [-0.05, 0) is 0 Å². The van der Waals surface area contributed by atoms with Gasteiger partial charge < -0.3 is 17.3 Å². The lowest BCUT2D eigenvalue weighted by molar-refractivity contribution is -1.35. The summed E-state index contributed by atoms with van der Waals surface area (Å²) in [5, 5.41) is 0. The SMILES string of the molecule is CO[N+](C)(OC)OC.F[B-](F)(F)F. The van der Waals surface area contributed by atoms with Gasteiger partial charge in [-0.1, -0.05) is 0 Å². The van der Waals surface area contributed by atoms with Crippen LogP contribution in [0, 0.1) is 0 Å². The second-order valence-corrected chi connectivity index (χ2v) is 1.81. The molecule has 0 radical (unpaired) electrons. The highest BCUT2D eigenvalue weighted by molar-refractivity contribution is 6.50. The molecule has 0 amide bonds. The van der Waals surface area contributed by atoms with Crippen molar-refractivity contribution in [2.24, 2.45) is 0 Å². The Morgan fingerprint density at radius 2 is 1.00 bits per heavy atom. The molecule has 0 aliphatic heterocycles. The fraction of sp³-hybridized carbons (Fsp3) is 1.00. The number of halogens is 4. The molecule has 0 aliphatic carbocycles. The zero-order valence-corrected chi connectivity index (χ0v) is 7.76. The van der Waals surface area contributed by atoms with Crippen LogP contribution in [0.15, 0.2) is 0 Å². The van der Waals surface area contributed by atoms with Crippen LogP contribution in [0.3, 0.4) is 0 Å². The van der Waals surface area contributed by atoms with Crippen molar-refractivity contribution in [2.75, 3.05) is 28.4 Å². The van der Waals surface area contributed by atoms with Gasteiger partial charge in [0, 0.05) is 0 Å². The first-order valence-electron chi connectivity index (χ1n) is 3.09. The predicted molar refractivity (Wildman–Crippen MR) is 37.4 cm³/mol. The van der Waals surface area contributed by atoms with E-state index in [1.54, 1.807) is 7.05 Å². The Kier molecular flexibility index (Phi) is 7.13. The molecule has 0 fully saturated rings. The zero-order chi connectivity index (χ0) is 11.1. The van der Waals surface area contributed by atoms with Crippen LogP contribution >= 0.6 is 0 Å². The number of nitrogens with zero attached hydrogens (tertiary/aromatic N) is 1. The summed E-state index contributed by atoms with van der Waals surface area (Å²) in [6.45, 7) is 0. The lowest BCUT2D eigenvalue weighted by Crippen LogP contribution is -2.40. The van der Waals surface area contributed by atoms with Crippen molar-refractivity contribution in [1.82, 2.24) is 0 Å². The maximum absolute atomic E-state index is 9.75. The predicted octanol–water partition coefficient (Wildman–Crippen LogP) is 1.42. The number of hydrogen-bond donors (Lipinski definition) is 0. The molecule has 0 saturated carbocycles. The molecular formula is C4H12BF4NO3. The molecule has 0 aliphatic rings. The highest BCUT2D eigenvalue weighted by Gasteiger charge is 2.21. The Morgan fingerprint density at radius 3 is 1.00 bits per heavy atom. The molecule has 0 heterocycles. The van der Waals surface area contributed by atoms with Crippen molar-refractivity contribution in [3.63, 3.8) is 0 Å². The van der Waals surface area contributed by atoms with Crippen LogP contribution < -0.4 is 0 Å². The van der Waals surface area contributed by atoms with E-state index in [2.05, 4.69) is 0 Å². The minimum absolute atomic E-state index is 0.292. The highest BCUT2D eigenvalue weighted by atomic mass is 19.5. The van der Waals surface area contributed by atoms with Crippen molar-refractivity contribution in [3.8, 4) is 0 Å². The van der Waals surface area contributed by atoms with E-state index in [4.69, 9.17) is 14.5 Å². The van der Waals surface area contributed by atoms with E-state index in [1.165, 1.54) is 21.3 Å². The lowest BCUT2D eigenvalue weighted by atomic mass is 10.3. The second kappa shape index (κ2) is 6.14. The third-order valence-electron chi connectivity index (χ3n) is 0.995. The summed E-state index contributed by atoms with van der Waals surface area (Å²) in [4.78, 5) is 13.9. The molecule has 13 heavy (non-hydrogen) atoms. The van der Waals surface area contributed by atoms with Crippen molar-refractivity contribution in [3.05, 3.63) is 0 Å². The molecule has 0 spiro atoms. The normalized spacial score (nSPS) is 12.0. The van der Waals surface area contributed by atoms with Gasteiger partial charge in [0.15, 0.2) is 7.05 Å². The van der Waals surface area contributed by atoms with E-state index in [0.29, 0.717) is 0 Å². The van der Waals surface area contributed by atoms with E-state index < -0.39 is 7.25 Å². The molecule has 0 atom stereocenters. The molecule has 0 saturated heterocycles. The average Bonchev–Trinajstić information content (AvgIpc) is 2.00. The minimum Gasteiger partial charge on any atom is -0.418 e. The third-order valence-corrected chi connectivity index (χ3v) is 0.995.